The number of para-hydroxylation sites is 1. The number of anilines is 1. The lowest BCUT2D eigenvalue weighted by Crippen LogP contribution is -2.29. The fourth-order valence-electron chi connectivity index (χ4n) is 2.72. The van der Waals surface area contributed by atoms with E-state index < -0.39 is 0 Å². The highest BCUT2D eigenvalue weighted by Gasteiger charge is 2.17. The van der Waals surface area contributed by atoms with Crippen molar-refractivity contribution >= 4 is 28.4 Å². The number of aromatic nitrogens is 1. The fourth-order valence-corrected chi connectivity index (χ4v) is 2.72. The Morgan fingerprint density at radius 1 is 1.04 bits per heavy atom. The molecule has 2 aromatic carbocycles. The second kappa shape index (κ2) is 7.57. The third-order valence-electron chi connectivity index (χ3n) is 3.84. The molecule has 0 bridgehead atoms. The van der Waals surface area contributed by atoms with Crippen molar-refractivity contribution in [2.45, 2.75) is 19.4 Å². The number of hydrogen-bond donors (Lipinski definition) is 2. The molecule has 1 atom stereocenters. The van der Waals surface area contributed by atoms with Gasteiger partial charge in [0.25, 0.3) is 0 Å². The van der Waals surface area contributed by atoms with Crippen molar-refractivity contribution in [3.63, 3.8) is 0 Å². The van der Waals surface area contributed by atoms with Crippen molar-refractivity contribution in [2.24, 2.45) is 0 Å². The van der Waals surface area contributed by atoms with Gasteiger partial charge in [-0.25, -0.2) is 0 Å². The summed E-state index contributed by atoms with van der Waals surface area (Å²) in [6.45, 7) is 1.45. The highest BCUT2D eigenvalue weighted by atomic mass is 16.2. The summed E-state index contributed by atoms with van der Waals surface area (Å²) in [4.78, 5) is 28.2. The number of benzene rings is 2. The number of nitrogens with one attached hydrogen (secondary N) is 2. The summed E-state index contributed by atoms with van der Waals surface area (Å²) in [6, 6.07) is 18.7. The van der Waals surface area contributed by atoms with Gasteiger partial charge in [0, 0.05) is 12.3 Å². The molecule has 1 aromatic heterocycles. The first kappa shape index (κ1) is 16.6. The highest BCUT2D eigenvalue weighted by molar-refractivity contribution is 5.93. The average Bonchev–Trinajstić information content (AvgIpc) is 2.61. The van der Waals surface area contributed by atoms with E-state index in [9.17, 15) is 9.59 Å². The molecule has 126 valence electrons. The summed E-state index contributed by atoms with van der Waals surface area (Å²) in [5, 5.41) is 6.64. The minimum atomic E-state index is -0.368. The third kappa shape index (κ3) is 4.41. The molecular formula is C20H19N3O2. The Balaban J connectivity index is 1.73. The third-order valence-corrected chi connectivity index (χ3v) is 3.84. The molecule has 2 amide bonds. The maximum atomic E-state index is 12.4. The Morgan fingerprint density at radius 3 is 2.52 bits per heavy atom. The van der Waals surface area contributed by atoms with Crippen LogP contribution in [0, 0.1) is 0 Å². The van der Waals surface area contributed by atoms with Crippen LogP contribution < -0.4 is 10.6 Å². The van der Waals surface area contributed by atoms with Crippen molar-refractivity contribution in [3.8, 4) is 0 Å². The lowest BCUT2D eigenvalue weighted by Gasteiger charge is -2.18. The van der Waals surface area contributed by atoms with E-state index in [1.807, 2.05) is 60.7 Å². The Kier molecular flexibility index (Phi) is 5.04. The molecule has 0 radical (unpaired) electrons. The highest BCUT2D eigenvalue weighted by Crippen LogP contribution is 2.19. The molecule has 1 unspecified atom stereocenters. The number of carbonyl (C=O) groups is 2. The van der Waals surface area contributed by atoms with Gasteiger partial charge in [-0.05, 0) is 17.7 Å². The van der Waals surface area contributed by atoms with Crippen LogP contribution in [0.4, 0.5) is 5.69 Å². The van der Waals surface area contributed by atoms with E-state index in [-0.39, 0.29) is 24.3 Å². The topological polar surface area (TPSA) is 71.1 Å². The van der Waals surface area contributed by atoms with Crippen LogP contribution in [0.25, 0.3) is 10.9 Å². The average molecular weight is 333 g/mol. The van der Waals surface area contributed by atoms with Gasteiger partial charge >= 0.3 is 0 Å². The first-order valence-corrected chi connectivity index (χ1v) is 8.08. The van der Waals surface area contributed by atoms with Crippen LogP contribution in [0.5, 0.6) is 0 Å². The number of hydrogen-bond acceptors (Lipinski definition) is 3. The molecule has 25 heavy (non-hydrogen) atoms. The van der Waals surface area contributed by atoms with Crippen molar-refractivity contribution < 1.29 is 9.59 Å². The molecule has 1 heterocycles. The van der Waals surface area contributed by atoms with Gasteiger partial charge in [0.1, 0.15) is 0 Å². The zero-order valence-electron chi connectivity index (χ0n) is 13.9. The number of pyridine rings is 1. The normalized spacial score (nSPS) is 11.7. The van der Waals surface area contributed by atoms with E-state index in [0.29, 0.717) is 5.69 Å². The van der Waals surface area contributed by atoms with Crippen LogP contribution in [-0.2, 0) is 9.59 Å². The summed E-state index contributed by atoms with van der Waals surface area (Å²) in [6.07, 6.45) is 1.78. The number of rotatable bonds is 5. The lowest BCUT2D eigenvalue weighted by molar-refractivity contribution is -0.120. The number of amides is 2. The Morgan fingerprint density at radius 2 is 1.76 bits per heavy atom. The summed E-state index contributed by atoms with van der Waals surface area (Å²) >= 11 is 0. The molecule has 5 nitrogen and oxygen atoms in total. The maximum Gasteiger partial charge on any atom is 0.226 e. The quantitative estimate of drug-likeness (QED) is 0.751. The largest absolute Gasteiger partial charge is 0.349 e. The molecule has 0 saturated heterocycles. The summed E-state index contributed by atoms with van der Waals surface area (Å²) in [7, 11) is 0. The molecule has 5 heteroatoms. The molecule has 0 saturated carbocycles. The van der Waals surface area contributed by atoms with Gasteiger partial charge in [-0.1, -0.05) is 48.5 Å². The van der Waals surface area contributed by atoms with Crippen molar-refractivity contribution in [3.05, 3.63) is 72.4 Å². The van der Waals surface area contributed by atoms with Crippen molar-refractivity contribution in [2.75, 3.05) is 5.32 Å². The molecule has 0 fully saturated rings. The fraction of sp³-hybridized carbons (Fsp3) is 0.150. The minimum Gasteiger partial charge on any atom is -0.349 e. The molecule has 2 N–H and O–H groups in total. The first-order chi connectivity index (χ1) is 12.1. The Bertz CT molecular complexity index is 894. The summed E-state index contributed by atoms with van der Waals surface area (Å²) in [5.74, 6) is -0.353. The summed E-state index contributed by atoms with van der Waals surface area (Å²) in [5.41, 5.74) is 2.41. The van der Waals surface area contributed by atoms with Crippen molar-refractivity contribution in [1.29, 1.82) is 0 Å². The van der Waals surface area contributed by atoms with Crippen LogP contribution >= 0.6 is 0 Å². The molecular weight excluding hydrogens is 314 g/mol. The maximum absolute atomic E-state index is 12.4. The van der Waals surface area contributed by atoms with Crippen LogP contribution in [0.2, 0.25) is 0 Å². The second-order valence-corrected chi connectivity index (χ2v) is 5.83. The smallest absolute Gasteiger partial charge is 0.226 e. The molecule has 0 spiro atoms. The van der Waals surface area contributed by atoms with Gasteiger partial charge in [0.2, 0.25) is 11.8 Å². The second-order valence-electron chi connectivity index (χ2n) is 5.83. The van der Waals surface area contributed by atoms with E-state index >= 15 is 0 Å². The first-order valence-electron chi connectivity index (χ1n) is 8.08. The van der Waals surface area contributed by atoms with Gasteiger partial charge in [0.05, 0.1) is 29.9 Å². The summed E-state index contributed by atoms with van der Waals surface area (Å²) < 4.78 is 0. The van der Waals surface area contributed by atoms with E-state index in [1.54, 1.807) is 6.20 Å². The van der Waals surface area contributed by atoms with Gasteiger partial charge in [0.15, 0.2) is 0 Å². The van der Waals surface area contributed by atoms with Gasteiger partial charge in [-0.2, -0.15) is 0 Å². The van der Waals surface area contributed by atoms with Crippen LogP contribution in [0.1, 0.15) is 24.9 Å². The molecule has 0 aliphatic rings. The Hall–Kier alpha value is -3.21. The van der Waals surface area contributed by atoms with E-state index in [1.165, 1.54) is 6.92 Å². The van der Waals surface area contributed by atoms with Crippen molar-refractivity contribution in [1.82, 2.24) is 10.3 Å². The Labute approximate surface area is 146 Å². The monoisotopic (exact) mass is 333 g/mol. The lowest BCUT2D eigenvalue weighted by atomic mass is 10.0. The van der Waals surface area contributed by atoms with Crippen LogP contribution in [-0.4, -0.2) is 16.8 Å². The van der Waals surface area contributed by atoms with E-state index in [4.69, 9.17) is 0 Å². The molecule has 0 aliphatic carbocycles. The van der Waals surface area contributed by atoms with Gasteiger partial charge in [-0.3, -0.25) is 14.6 Å². The number of nitrogens with zero attached hydrogens (tertiary/aromatic N) is 1. The minimum absolute atomic E-state index is 0.149. The van der Waals surface area contributed by atoms with Crippen LogP contribution in [0.15, 0.2) is 66.9 Å². The zero-order valence-corrected chi connectivity index (χ0v) is 13.9. The van der Waals surface area contributed by atoms with E-state index in [2.05, 4.69) is 15.6 Å². The molecule has 0 aliphatic heterocycles. The molecule has 3 aromatic rings. The SMILES string of the molecule is CC(=O)NC(CC(=O)Nc1cnc2ccccc2c1)c1ccccc1. The standard InChI is InChI=1S/C20H19N3O2/c1-14(24)22-19(15-7-3-2-4-8-15)12-20(25)23-17-11-16-9-5-6-10-18(16)21-13-17/h2-11,13,19H,12H2,1H3,(H,22,24)(H,23,25). The number of carbonyl (C=O) groups excluding carboxylic acids is 2. The molecule has 3 rings (SSSR count). The van der Waals surface area contributed by atoms with Crippen LogP contribution in [0.3, 0.4) is 0 Å². The predicted octanol–water partition coefficient (Wildman–Crippen LogP) is 3.44. The number of fused-ring (bicyclic) bond motifs is 1. The van der Waals surface area contributed by atoms with Gasteiger partial charge < -0.3 is 10.6 Å². The predicted molar refractivity (Wildman–Crippen MR) is 98.0 cm³/mol. The zero-order chi connectivity index (χ0) is 17.6. The van der Waals surface area contributed by atoms with Gasteiger partial charge in [-0.15, -0.1) is 0 Å². The van der Waals surface area contributed by atoms with E-state index in [0.717, 1.165) is 16.5 Å².